The van der Waals surface area contributed by atoms with E-state index in [9.17, 15) is 0 Å². The maximum atomic E-state index is 6.03. The van der Waals surface area contributed by atoms with Gasteiger partial charge in [-0.1, -0.05) is 6.92 Å². The fourth-order valence-electron chi connectivity index (χ4n) is 1.18. The predicted molar refractivity (Wildman–Crippen MR) is 63.6 cm³/mol. The van der Waals surface area contributed by atoms with Gasteiger partial charge in [-0.15, -0.1) is 0 Å². The second-order valence-corrected chi connectivity index (χ2v) is 4.93. The van der Waals surface area contributed by atoms with Gasteiger partial charge < -0.3 is 11.1 Å². The average molecular weight is 212 g/mol. The fraction of sp³-hybridized carbons (Fsp3) is 0.636. The summed E-state index contributed by atoms with van der Waals surface area (Å²) in [7, 11) is 0. The number of thiophene rings is 1. The first-order valence-electron chi connectivity index (χ1n) is 5.06. The lowest BCUT2D eigenvalue weighted by Gasteiger charge is -2.23. The molecule has 0 saturated heterocycles. The van der Waals surface area contributed by atoms with Gasteiger partial charge in [0.05, 0.1) is 0 Å². The molecule has 1 rings (SSSR count). The van der Waals surface area contributed by atoms with Crippen molar-refractivity contribution in [2.45, 2.75) is 39.3 Å². The number of hydrogen-bond acceptors (Lipinski definition) is 3. The van der Waals surface area contributed by atoms with Crippen molar-refractivity contribution in [2.24, 2.45) is 5.73 Å². The van der Waals surface area contributed by atoms with E-state index < -0.39 is 0 Å². The van der Waals surface area contributed by atoms with E-state index in [1.807, 2.05) is 0 Å². The summed E-state index contributed by atoms with van der Waals surface area (Å²) in [6, 6.07) is 0. The Kier molecular flexibility index (Phi) is 4.11. The zero-order valence-electron chi connectivity index (χ0n) is 9.26. The molecule has 1 atom stereocenters. The van der Waals surface area contributed by atoms with Crippen LogP contribution in [-0.4, -0.2) is 12.1 Å². The van der Waals surface area contributed by atoms with Crippen LogP contribution in [0.25, 0.3) is 0 Å². The molecule has 0 aliphatic rings. The molecule has 0 spiro atoms. The van der Waals surface area contributed by atoms with Gasteiger partial charge in [0, 0.05) is 18.6 Å². The molecule has 0 saturated carbocycles. The number of hydrogen-bond donors (Lipinski definition) is 2. The molecule has 1 aromatic rings. The van der Waals surface area contributed by atoms with Crippen molar-refractivity contribution in [3.8, 4) is 0 Å². The van der Waals surface area contributed by atoms with E-state index in [4.69, 9.17) is 5.73 Å². The van der Waals surface area contributed by atoms with Crippen LogP contribution in [-0.2, 0) is 6.54 Å². The molecule has 14 heavy (non-hydrogen) atoms. The van der Waals surface area contributed by atoms with Crippen LogP contribution in [0.2, 0.25) is 0 Å². The first-order valence-corrected chi connectivity index (χ1v) is 6.01. The van der Waals surface area contributed by atoms with Crippen molar-refractivity contribution < 1.29 is 0 Å². The zero-order chi connectivity index (χ0) is 10.6. The molecule has 3 heteroatoms. The van der Waals surface area contributed by atoms with Crippen molar-refractivity contribution in [2.75, 3.05) is 6.54 Å². The monoisotopic (exact) mass is 212 g/mol. The van der Waals surface area contributed by atoms with Crippen LogP contribution in [0, 0.1) is 6.92 Å². The van der Waals surface area contributed by atoms with Crippen molar-refractivity contribution in [1.82, 2.24) is 5.32 Å². The number of nitrogens with two attached hydrogens (primary N) is 1. The first kappa shape index (κ1) is 11.7. The summed E-state index contributed by atoms with van der Waals surface area (Å²) >= 11 is 1.76. The van der Waals surface area contributed by atoms with Gasteiger partial charge in [-0.05, 0) is 42.2 Å². The number of rotatable bonds is 5. The Bertz CT molecular complexity index is 279. The standard InChI is InChI=1S/C11H20N2S/c1-4-11(3,12)8-13-5-10-7-14-6-9(10)2/h6-7,13H,4-5,8,12H2,1-3H3. The highest BCUT2D eigenvalue weighted by molar-refractivity contribution is 7.08. The van der Waals surface area contributed by atoms with Gasteiger partial charge in [0.2, 0.25) is 0 Å². The van der Waals surface area contributed by atoms with Crippen LogP contribution < -0.4 is 11.1 Å². The third kappa shape index (κ3) is 3.40. The summed E-state index contributed by atoms with van der Waals surface area (Å²) < 4.78 is 0. The maximum Gasteiger partial charge on any atom is 0.0249 e. The normalized spacial score (nSPS) is 15.4. The summed E-state index contributed by atoms with van der Waals surface area (Å²) in [5.41, 5.74) is 8.72. The highest BCUT2D eigenvalue weighted by Gasteiger charge is 2.14. The SMILES string of the molecule is CCC(C)(N)CNCc1cscc1C. The second kappa shape index (κ2) is 4.91. The Morgan fingerprint density at radius 1 is 1.50 bits per heavy atom. The van der Waals surface area contributed by atoms with Crippen LogP contribution >= 0.6 is 11.3 Å². The first-order chi connectivity index (χ1) is 6.55. The highest BCUT2D eigenvalue weighted by Crippen LogP contribution is 2.13. The fourth-order valence-corrected chi connectivity index (χ4v) is 2.03. The molecule has 3 N–H and O–H groups in total. The maximum absolute atomic E-state index is 6.03. The largest absolute Gasteiger partial charge is 0.324 e. The Morgan fingerprint density at radius 3 is 2.71 bits per heavy atom. The van der Waals surface area contributed by atoms with Crippen LogP contribution in [0.5, 0.6) is 0 Å². The topological polar surface area (TPSA) is 38.0 Å². The van der Waals surface area contributed by atoms with E-state index in [-0.39, 0.29) is 5.54 Å². The molecular weight excluding hydrogens is 192 g/mol. The predicted octanol–water partition coefficient (Wildman–Crippen LogP) is 2.27. The summed E-state index contributed by atoms with van der Waals surface area (Å²) in [4.78, 5) is 0. The Morgan fingerprint density at radius 2 is 2.21 bits per heavy atom. The molecule has 0 amide bonds. The lowest BCUT2D eigenvalue weighted by molar-refractivity contribution is 0.416. The van der Waals surface area contributed by atoms with Crippen LogP contribution in [0.4, 0.5) is 0 Å². The summed E-state index contributed by atoms with van der Waals surface area (Å²) in [6.45, 7) is 8.16. The van der Waals surface area contributed by atoms with E-state index >= 15 is 0 Å². The molecule has 0 aliphatic heterocycles. The van der Waals surface area contributed by atoms with Gasteiger partial charge in [-0.2, -0.15) is 11.3 Å². The lowest BCUT2D eigenvalue weighted by atomic mass is 10.0. The van der Waals surface area contributed by atoms with Crippen LogP contribution in [0.3, 0.4) is 0 Å². The van der Waals surface area contributed by atoms with E-state index in [0.717, 1.165) is 19.5 Å². The quantitative estimate of drug-likeness (QED) is 0.786. The van der Waals surface area contributed by atoms with Gasteiger partial charge in [0.15, 0.2) is 0 Å². The minimum absolute atomic E-state index is 0.0794. The van der Waals surface area contributed by atoms with Crippen LogP contribution in [0.1, 0.15) is 31.4 Å². The van der Waals surface area contributed by atoms with Crippen molar-refractivity contribution >= 4 is 11.3 Å². The summed E-state index contributed by atoms with van der Waals surface area (Å²) in [5.74, 6) is 0. The molecule has 1 unspecified atom stereocenters. The third-order valence-electron chi connectivity index (χ3n) is 2.61. The molecule has 0 aliphatic carbocycles. The third-order valence-corrected chi connectivity index (χ3v) is 3.52. The highest BCUT2D eigenvalue weighted by atomic mass is 32.1. The molecule has 0 radical (unpaired) electrons. The van der Waals surface area contributed by atoms with Gasteiger partial charge in [-0.3, -0.25) is 0 Å². The average Bonchev–Trinajstić information content (AvgIpc) is 2.52. The van der Waals surface area contributed by atoms with E-state index in [2.05, 4.69) is 36.8 Å². The molecule has 1 aromatic heterocycles. The van der Waals surface area contributed by atoms with Crippen LogP contribution in [0.15, 0.2) is 10.8 Å². The van der Waals surface area contributed by atoms with Crippen molar-refractivity contribution in [1.29, 1.82) is 0 Å². The molecule has 0 aromatic carbocycles. The molecule has 2 nitrogen and oxygen atoms in total. The zero-order valence-corrected chi connectivity index (χ0v) is 10.1. The van der Waals surface area contributed by atoms with Gasteiger partial charge in [0.1, 0.15) is 0 Å². The van der Waals surface area contributed by atoms with Gasteiger partial charge in [0.25, 0.3) is 0 Å². The Balaban J connectivity index is 2.32. The second-order valence-electron chi connectivity index (χ2n) is 4.19. The summed E-state index contributed by atoms with van der Waals surface area (Å²) in [5, 5.41) is 7.78. The minimum Gasteiger partial charge on any atom is -0.324 e. The Labute approximate surface area is 90.5 Å². The van der Waals surface area contributed by atoms with E-state index in [0.29, 0.717) is 0 Å². The Hall–Kier alpha value is -0.380. The molecule has 80 valence electrons. The van der Waals surface area contributed by atoms with Gasteiger partial charge in [-0.25, -0.2) is 0 Å². The summed E-state index contributed by atoms with van der Waals surface area (Å²) in [6.07, 6.45) is 1.00. The smallest absolute Gasteiger partial charge is 0.0249 e. The molecule has 0 fully saturated rings. The van der Waals surface area contributed by atoms with Crippen molar-refractivity contribution in [3.63, 3.8) is 0 Å². The number of aryl methyl sites for hydroxylation is 1. The van der Waals surface area contributed by atoms with Crippen molar-refractivity contribution in [3.05, 3.63) is 21.9 Å². The van der Waals surface area contributed by atoms with E-state index in [1.165, 1.54) is 11.1 Å². The molecule has 1 heterocycles. The lowest BCUT2D eigenvalue weighted by Crippen LogP contribution is -2.45. The molecule has 0 bridgehead atoms. The van der Waals surface area contributed by atoms with Gasteiger partial charge >= 0.3 is 0 Å². The molecular formula is C11H20N2S. The minimum atomic E-state index is -0.0794. The van der Waals surface area contributed by atoms with E-state index in [1.54, 1.807) is 11.3 Å². The number of nitrogens with one attached hydrogen (secondary N) is 1.